The van der Waals surface area contributed by atoms with E-state index >= 15 is 0 Å². The van der Waals surface area contributed by atoms with Crippen molar-refractivity contribution in [2.75, 3.05) is 11.1 Å². The van der Waals surface area contributed by atoms with Crippen molar-refractivity contribution in [3.8, 4) is 0 Å². The lowest BCUT2D eigenvalue weighted by Crippen LogP contribution is -2.30. The zero-order valence-corrected chi connectivity index (χ0v) is 13.6. The molecule has 23 heavy (non-hydrogen) atoms. The molecule has 2 rings (SSSR count). The van der Waals surface area contributed by atoms with Crippen LogP contribution >= 0.6 is 11.6 Å². The Hall–Kier alpha value is -2.53. The largest absolute Gasteiger partial charge is 0.449 e. The number of carbonyl (C=O) groups excluding carboxylic acids is 2. The molecular formula is C17H17ClN2O3. The molecule has 0 aliphatic carbocycles. The molecule has 5 nitrogen and oxygen atoms in total. The summed E-state index contributed by atoms with van der Waals surface area (Å²) in [6.07, 6.45) is -0.944. The van der Waals surface area contributed by atoms with E-state index in [4.69, 9.17) is 22.1 Å². The van der Waals surface area contributed by atoms with Gasteiger partial charge in [0.1, 0.15) is 0 Å². The van der Waals surface area contributed by atoms with Crippen molar-refractivity contribution < 1.29 is 14.3 Å². The van der Waals surface area contributed by atoms with E-state index in [-0.39, 0.29) is 0 Å². The van der Waals surface area contributed by atoms with Crippen molar-refractivity contribution in [1.29, 1.82) is 0 Å². The first-order valence-corrected chi connectivity index (χ1v) is 7.38. The smallest absolute Gasteiger partial charge is 0.338 e. The molecule has 0 aromatic heterocycles. The summed E-state index contributed by atoms with van der Waals surface area (Å²) in [7, 11) is 0. The van der Waals surface area contributed by atoms with Gasteiger partial charge >= 0.3 is 5.97 Å². The van der Waals surface area contributed by atoms with Gasteiger partial charge < -0.3 is 15.8 Å². The number of amides is 1. The van der Waals surface area contributed by atoms with Gasteiger partial charge in [-0.25, -0.2) is 4.79 Å². The number of rotatable bonds is 4. The zero-order valence-electron chi connectivity index (χ0n) is 12.8. The molecule has 0 heterocycles. The summed E-state index contributed by atoms with van der Waals surface area (Å²) < 4.78 is 5.16. The maximum Gasteiger partial charge on any atom is 0.338 e. The number of ether oxygens (including phenoxy) is 1. The van der Waals surface area contributed by atoms with E-state index < -0.39 is 18.0 Å². The summed E-state index contributed by atoms with van der Waals surface area (Å²) in [5.74, 6) is -1.03. The van der Waals surface area contributed by atoms with Crippen LogP contribution in [-0.2, 0) is 9.53 Å². The maximum absolute atomic E-state index is 12.0. The van der Waals surface area contributed by atoms with Gasteiger partial charge in [0.25, 0.3) is 5.91 Å². The predicted molar refractivity (Wildman–Crippen MR) is 90.6 cm³/mol. The van der Waals surface area contributed by atoms with Gasteiger partial charge in [-0.05, 0) is 55.8 Å². The van der Waals surface area contributed by atoms with E-state index in [1.807, 2.05) is 6.92 Å². The van der Waals surface area contributed by atoms with Crippen LogP contribution in [0.4, 0.5) is 11.4 Å². The summed E-state index contributed by atoms with van der Waals surface area (Å²) in [6.45, 7) is 3.34. The number of carbonyl (C=O) groups is 2. The second-order valence-corrected chi connectivity index (χ2v) is 5.55. The Kier molecular flexibility index (Phi) is 5.24. The fraction of sp³-hybridized carbons (Fsp3) is 0.176. The average Bonchev–Trinajstić information content (AvgIpc) is 2.52. The maximum atomic E-state index is 12.0. The summed E-state index contributed by atoms with van der Waals surface area (Å²) in [5, 5.41) is 3.22. The molecule has 1 amide bonds. The highest BCUT2D eigenvalue weighted by Crippen LogP contribution is 2.16. The molecule has 0 saturated heterocycles. The first-order valence-electron chi connectivity index (χ1n) is 7.00. The van der Waals surface area contributed by atoms with Gasteiger partial charge in [-0.3, -0.25) is 4.79 Å². The van der Waals surface area contributed by atoms with E-state index in [2.05, 4.69) is 5.32 Å². The Bertz CT molecular complexity index is 729. The van der Waals surface area contributed by atoms with Gasteiger partial charge in [0, 0.05) is 16.4 Å². The van der Waals surface area contributed by atoms with Crippen LogP contribution in [0.3, 0.4) is 0 Å². The number of anilines is 2. The van der Waals surface area contributed by atoms with Crippen LogP contribution in [0.5, 0.6) is 0 Å². The second-order valence-electron chi connectivity index (χ2n) is 5.12. The molecule has 1 atom stereocenters. The van der Waals surface area contributed by atoms with Crippen LogP contribution in [0.25, 0.3) is 0 Å². The number of hydrogen-bond acceptors (Lipinski definition) is 4. The molecule has 0 saturated carbocycles. The molecular weight excluding hydrogens is 316 g/mol. The standard InChI is InChI=1S/C17H17ClN2O3/c1-10-3-4-12(9-15(10)19)17(22)23-11(2)16(21)20-14-7-5-13(18)6-8-14/h3-9,11H,19H2,1-2H3,(H,20,21)/t11-/m0/s1. The first kappa shape index (κ1) is 16.8. The number of esters is 1. The molecule has 2 aromatic rings. The molecule has 0 bridgehead atoms. The molecule has 120 valence electrons. The van der Waals surface area contributed by atoms with Crippen molar-refractivity contribution in [3.05, 3.63) is 58.6 Å². The van der Waals surface area contributed by atoms with Gasteiger partial charge in [0.2, 0.25) is 0 Å². The lowest BCUT2D eigenvalue weighted by Gasteiger charge is -2.14. The molecule has 0 aliphatic rings. The number of nitrogen functional groups attached to an aromatic ring is 1. The quantitative estimate of drug-likeness (QED) is 0.664. The molecule has 0 aliphatic heterocycles. The lowest BCUT2D eigenvalue weighted by molar-refractivity contribution is -0.123. The Morgan fingerprint density at radius 2 is 1.83 bits per heavy atom. The fourth-order valence-corrected chi connectivity index (χ4v) is 1.95. The van der Waals surface area contributed by atoms with Crippen LogP contribution in [-0.4, -0.2) is 18.0 Å². The van der Waals surface area contributed by atoms with Crippen LogP contribution in [0.15, 0.2) is 42.5 Å². The fourth-order valence-electron chi connectivity index (χ4n) is 1.83. The summed E-state index contributed by atoms with van der Waals surface area (Å²) in [5.41, 5.74) is 8.01. The van der Waals surface area contributed by atoms with E-state index in [9.17, 15) is 9.59 Å². The monoisotopic (exact) mass is 332 g/mol. The highest BCUT2D eigenvalue weighted by molar-refractivity contribution is 6.30. The van der Waals surface area contributed by atoms with Crippen LogP contribution in [0, 0.1) is 6.92 Å². The van der Waals surface area contributed by atoms with E-state index in [0.29, 0.717) is 22.0 Å². The Morgan fingerprint density at radius 1 is 1.17 bits per heavy atom. The van der Waals surface area contributed by atoms with Crippen molar-refractivity contribution >= 4 is 34.9 Å². The van der Waals surface area contributed by atoms with Gasteiger partial charge in [-0.1, -0.05) is 17.7 Å². The molecule has 0 unspecified atom stereocenters. The number of halogens is 1. The summed E-state index contributed by atoms with van der Waals surface area (Å²) in [6, 6.07) is 11.5. The number of nitrogens with one attached hydrogen (secondary N) is 1. The third-order valence-electron chi connectivity index (χ3n) is 3.28. The lowest BCUT2D eigenvalue weighted by atomic mass is 10.1. The van der Waals surface area contributed by atoms with Crippen LogP contribution in [0.1, 0.15) is 22.8 Å². The highest BCUT2D eigenvalue weighted by Gasteiger charge is 2.19. The average molecular weight is 333 g/mol. The normalized spacial score (nSPS) is 11.6. The van der Waals surface area contributed by atoms with E-state index in [0.717, 1.165) is 5.56 Å². The third-order valence-corrected chi connectivity index (χ3v) is 3.53. The minimum absolute atomic E-state index is 0.305. The molecule has 0 radical (unpaired) electrons. The zero-order chi connectivity index (χ0) is 17.0. The van der Waals surface area contributed by atoms with Crippen molar-refractivity contribution in [1.82, 2.24) is 0 Å². The molecule has 0 fully saturated rings. The number of benzene rings is 2. The number of nitrogens with two attached hydrogens (primary N) is 1. The van der Waals surface area contributed by atoms with E-state index in [1.165, 1.54) is 13.0 Å². The second kappa shape index (κ2) is 7.15. The number of aryl methyl sites for hydroxylation is 1. The van der Waals surface area contributed by atoms with Gasteiger partial charge in [0.15, 0.2) is 6.10 Å². The summed E-state index contributed by atoms with van der Waals surface area (Å²) in [4.78, 5) is 24.1. The first-order chi connectivity index (χ1) is 10.9. The minimum Gasteiger partial charge on any atom is -0.449 e. The third kappa shape index (κ3) is 4.47. The number of hydrogen-bond donors (Lipinski definition) is 2. The Morgan fingerprint density at radius 3 is 2.43 bits per heavy atom. The molecule has 0 spiro atoms. The topological polar surface area (TPSA) is 81.4 Å². The molecule has 2 aromatic carbocycles. The summed E-state index contributed by atoms with van der Waals surface area (Å²) >= 11 is 5.78. The van der Waals surface area contributed by atoms with Gasteiger partial charge in [-0.2, -0.15) is 0 Å². The van der Waals surface area contributed by atoms with Gasteiger partial charge in [-0.15, -0.1) is 0 Å². The minimum atomic E-state index is -0.944. The van der Waals surface area contributed by atoms with Gasteiger partial charge in [0.05, 0.1) is 5.56 Å². The van der Waals surface area contributed by atoms with Crippen molar-refractivity contribution in [2.24, 2.45) is 0 Å². The Balaban J connectivity index is 1.98. The van der Waals surface area contributed by atoms with Crippen molar-refractivity contribution in [3.63, 3.8) is 0 Å². The Labute approximate surface area is 139 Å². The van der Waals surface area contributed by atoms with Crippen LogP contribution < -0.4 is 11.1 Å². The molecule has 6 heteroatoms. The highest BCUT2D eigenvalue weighted by atomic mass is 35.5. The van der Waals surface area contributed by atoms with Crippen LogP contribution in [0.2, 0.25) is 5.02 Å². The SMILES string of the molecule is Cc1ccc(C(=O)O[C@@H](C)C(=O)Nc2ccc(Cl)cc2)cc1N. The molecule has 3 N–H and O–H groups in total. The predicted octanol–water partition coefficient (Wildman–Crippen LogP) is 3.41. The van der Waals surface area contributed by atoms with E-state index in [1.54, 1.807) is 36.4 Å². The van der Waals surface area contributed by atoms with Crippen molar-refractivity contribution in [2.45, 2.75) is 20.0 Å².